The number of nitrogens with zero attached hydrogens (tertiary/aromatic N) is 5. The third-order valence-electron chi connectivity index (χ3n) is 4.24. The van der Waals surface area contributed by atoms with Crippen LogP contribution in [0.15, 0.2) is 77.1 Å². The van der Waals surface area contributed by atoms with E-state index in [-0.39, 0.29) is 5.82 Å². The molecule has 3 rings (SSSR count). The summed E-state index contributed by atoms with van der Waals surface area (Å²) in [4.78, 5) is 6.28. The molecule has 0 aliphatic carbocycles. The lowest BCUT2D eigenvalue weighted by Crippen LogP contribution is -2.12. The van der Waals surface area contributed by atoms with E-state index in [2.05, 4.69) is 21.9 Å². The molecule has 142 valence electrons. The van der Waals surface area contributed by atoms with Crippen molar-refractivity contribution in [1.29, 1.82) is 0 Å². The number of hydrogen-bond donors (Lipinski definition) is 0. The largest absolute Gasteiger partial charge is 0.378 e. The minimum atomic E-state index is -0.372. The second-order valence-electron chi connectivity index (χ2n) is 6.47. The highest BCUT2D eigenvalue weighted by atomic mass is 19.1. The maximum atomic E-state index is 14.3. The van der Waals surface area contributed by atoms with Gasteiger partial charge in [-0.25, -0.2) is 4.39 Å². The third kappa shape index (κ3) is 4.40. The summed E-state index contributed by atoms with van der Waals surface area (Å²) in [7, 11) is 3.95. The Labute approximate surface area is 164 Å². The second-order valence-corrected chi connectivity index (χ2v) is 6.47. The van der Waals surface area contributed by atoms with E-state index in [1.54, 1.807) is 6.20 Å². The molecule has 5 nitrogen and oxygen atoms in total. The van der Waals surface area contributed by atoms with Crippen LogP contribution in [0.3, 0.4) is 0 Å². The molecule has 0 atom stereocenters. The average Bonchev–Trinajstić information content (AvgIpc) is 2.72. The van der Waals surface area contributed by atoms with E-state index in [4.69, 9.17) is 0 Å². The van der Waals surface area contributed by atoms with Crippen LogP contribution in [0.2, 0.25) is 0 Å². The Hall–Kier alpha value is -3.54. The quantitative estimate of drug-likeness (QED) is 0.459. The number of aromatic nitrogens is 1. The summed E-state index contributed by atoms with van der Waals surface area (Å²) >= 11 is 0. The molecule has 1 aromatic heterocycles. The molecule has 0 saturated carbocycles. The molecular weight excluding hydrogens is 353 g/mol. The van der Waals surface area contributed by atoms with Crippen molar-refractivity contribution in [3.8, 4) is 11.1 Å². The maximum Gasteiger partial charge on any atom is 0.126 e. The molecule has 2 aromatic carbocycles. The summed E-state index contributed by atoms with van der Waals surface area (Å²) < 4.78 is 14.3. The first-order valence-corrected chi connectivity index (χ1v) is 8.79. The van der Waals surface area contributed by atoms with Crippen molar-refractivity contribution in [1.82, 2.24) is 4.98 Å². The van der Waals surface area contributed by atoms with Gasteiger partial charge in [0.15, 0.2) is 0 Å². The predicted octanol–water partition coefficient (Wildman–Crippen LogP) is 4.80. The first-order valence-electron chi connectivity index (χ1n) is 8.79. The van der Waals surface area contributed by atoms with Gasteiger partial charge < -0.3 is 4.90 Å². The van der Waals surface area contributed by atoms with Gasteiger partial charge in [-0.15, -0.1) is 0 Å². The SMILES string of the molecule is C=NN(/N=C(\C)c1ccccn1)c1cc(F)cc(-c2ccc(N(C)C)cc2)c1. The molecule has 28 heavy (non-hydrogen) atoms. The number of halogens is 1. The minimum Gasteiger partial charge on any atom is -0.378 e. The third-order valence-corrected chi connectivity index (χ3v) is 4.24. The molecule has 0 bridgehead atoms. The minimum absolute atomic E-state index is 0.372. The van der Waals surface area contributed by atoms with Gasteiger partial charge in [-0.05, 0) is 54.4 Å². The molecule has 0 saturated heterocycles. The van der Waals surface area contributed by atoms with E-state index in [0.29, 0.717) is 17.1 Å². The molecule has 0 amide bonds. The normalized spacial score (nSPS) is 11.2. The Morgan fingerprint density at radius 3 is 2.32 bits per heavy atom. The van der Waals surface area contributed by atoms with Gasteiger partial charge in [0.25, 0.3) is 0 Å². The molecule has 0 radical (unpaired) electrons. The molecule has 0 spiro atoms. The van der Waals surface area contributed by atoms with E-state index in [0.717, 1.165) is 16.8 Å². The fourth-order valence-corrected chi connectivity index (χ4v) is 2.75. The van der Waals surface area contributed by atoms with Crippen molar-refractivity contribution < 1.29 is 4.39 Å². The summed E-state index contributed by atoms with van der Waals surface area (Å²) in [5, 5.41) is 9.68. The molecule has 0 aliphatic rings. The summed E-state index contributed by atoms with van der Waals surface area (Å²) in [6.07, 6.45) is 1.69. The van der Waals surface area contributed by atoms with Crippen molar-refractivity contribution in [3.63, 3.8) is 0 Å². The van der Waals surface area contributed by atoms with Gasteiger partial charge in [-0.2, -0.15) is 15.3 Å². The number of benzene rings is 2. The van der Waals surface area contributed by atoms with E-state index < -0.39 is 0 Å². The van der Waals surface area contributed by atoms with Gasteiger partial charge in [-0.3, -0.25) is 4.98 Å². The number of rotatable bonds is 6. The Morgan fingerprint density at radius 2 is 1.71 bits per heavy atom. The molecule has 0 N–H and O–H groups in total. The molecule has 3 aromatic rings. The number of pyridine rings is 1. The van der Waals surface area contributed by atoms with Crippen LogP contribution in [-0.2, 0) is 0 Å². The standard InChI is InChI=1S/C22H22FN5/c1-16(22-7-5-6-12-25-22)26-28(24-2)21-14-18(13-19(23)15-21)17-8-10-20(11-9-17)27(3)4/h5-15H,2H2,1,3-4H3/b26-16+. The zero-order valence-electron chi connectivity index (χ0n) is 16.2. The number of hydrazone groups is 2. The Morgan fingerprint density at radius 1 is 0.964 bits per heavy atom. The van der Waals surface area contributed by atoms with Crippen LogP contribution < -0.4 is 10.0 Å². The smallest absolute Gasteiger partial charge is 0.126 e. The van der Waals surface area contributed by atoms with Gasteiger partial charge in [0, 0.05) is 38.8 Å². The van der Waals surface area contributed by atoms with Crippen LogP contribution >= 0.6 is 0 Å². The fourth-order valence-electron chi connectivity index (χ4n) is 2.75. The van der Waals surface area contributed by atoms with Crippen molar-refractivity contribution in [2.24, 2.45) is 10.2 Å². The predicted molar refractivity (Wildman–Crippen MR) is 115 cm³/mol. The summed E-state index contributed by atoms with van der Waals surface area (Å²) in [6.45, 7) is 5.39. The molecule has 0 unspecified atom stereocenters. The van der Waals surface area contributed by atoms with E-state index in [1.165, 1.54) is 17.3 Å². The second kappa shape index (κ2) is 8.43. The van der Waals surface area contributed by atoms with Crippen molar-refractivity contribution >= 4 is 23.8 Å². The van der Waals surface area contributed by atoms with Crippen LogP contribution in [-0.4, -0.2) is 31.5 Å². The van der Waals surface area contributed by atoms with E-state index in [1.807, 2.05) is 74.4 Å². The lowest BCUT2D eigenvalue weighted by Gasteiger charge is -2.16. The lowest BCUT2D eigenvalue weighted by atomic mass is 10.0. The van der Waals surface area contributed by atoms with E-state index >= 15 is 0 Å². The summed E-state index contributed by atoms with van der Waals surface area (Å²) in [5.74, 6) is -0.372. The van der Waals surface area contributed by atoms with Crippen LogP contribution in [0.1, 0.15) is 12.6 Å². The lowest BCUT2D eigenvalue weighted by molar-refractivity contribution is 0.627. The van der Waals surface area contributed by atoms with Crippen LogP contribution in [0.5, 0.6) is 0 Å². The van der Waals surface area contributed by atoms with Crippen molar-refractivity contribution in [3.05, 3.63) is 78.4 Å². The monoisotopic (exact) mass is 375 g/mol. The van der Waals surface area contributed by atoms with Gasteiger partial charge >= 0.3 is 0 Å². The van der Waals surface area contributed by atoms with Gasteiger partial charge in [0.05, 0.1) is 17.1 Å². The summed E-state index contributed by atoms with van der Waals surface area (Å²) in [6, 6.07) is 18.2. The average molecular weight is 375 g/mol. The topological polar surface area (TPSA) is 44.1 Å². The molecule has 1 heterocycles. The zero-order chi connectivity index (χ0) is 20.1. The number of anilines is 2. The van der Waals surface area contributed by atoms with Crippen molar-refractivity contribution in [2.45, 2.75) is 6.92 Å². The highest BCUT2D eigenvalue weighted by molar-refractivity contribution is 5.97. The van der Waals surface area contributed by atoms with Crippen LogP contribution in [0.4, 0.5) is 15.8 Å². The zero-order valence-corrected chi connectivity index (χ0v) is 16.2. The highest BCUT2D eigenvalue weighted by Gasteiger charge is 2.10. The molecule has 6 heteroatoms. The first-order chi connectivity index (χ1) is 13.5. The van der Waals surface area contributed by atoms with E-state index in [9.17, 15) is 4.39 Å². The maximum absolute atomic E-state index is 14.3. The molecular formula is C22H22FN5. The van der Waals surface area contributed by atoms with Gasteiger partial charge in [0.1, 0.15) is 5.82 Å². The molecule has 0 fully saturated rings. The first kappa shape index (κ1) is 19.2. The fraction of sp³-hybridized carbons (Fsp3) is 0.136. The number of hydrogen-bond acceptors (Lipinski definition) is 5. The van der Waals surface area contributed by atoms with Gasteiger partial charge in [-0.1, -0.05) is 18.2 Å². The van der Waals surface area contributed by atoms with Crippen molar-refractivity contribution in [2.75, 3.05) is 24.1 Å². The van der Waals surface area contributed by atoms with Crippen LogP contribution in [0.25, 0.3) is 11.1 Å². The van der Waals surface area contributed by atoms with Crippen LogP contribution in [0, 0.1) is 5.82 Å². The Balaban J connectivity index is 1.96. The summed E-state index contributed by atoms with van der Waals surface area (Å²) in [5.41, 5.74) is 4.56. The highest BCUT2D eigenvalue weighted by Crippen LogP contribution is 2.28. The Kier molecular flexibility index (Phi) is 5.79. The van der Waals surface area contributed by atoms with Gasteiger partial charge in [0.2, 0.25) is 0 Å². The molecule has 0 aliphatic heterocycles. The Bertz CT molecular complexity index is 982.